The highest BCUT2D eigenvalue weighted by molar-refractivity contribution is 5.85. The van der Waals surface area contributed by atoms with E-state index in [0.717, 1.165) is 6.42 Å². The van der Waals surface area contributed by atoms with Crippen molar-refractivity contribution >= 4 is 12.4 Å². The van der Waals surface area contributed by atoms with E-state index in [4.69, 9.17) is 0 Å². The van der Waals surface area contributed by atoms with Crippen molar-refractivity contribution in [3.63, 3.8) is 0 Å². The number of hydrogen-bond donors (Lipinski definition) is 0. The number of rotatable bonds is 2. The van der Waals surface area contributed by atoms with Crippen molar-refractivity contribution in [3.05, 3.63) is 65.5 Å². The molecule has 2 rings (SSSR count). The zero-order chi connectivity index (χ0) is 9.80. The molecule has 1 heterocycles. The third kappa shape index (κ3) is 3.37. The molecule has 0 aliphatic rings. The monoisotopic (exact) mass is 219 g/mol. The molecule has 2 heteroatoms. The van der Waals surface area contributed by atoms with Gasteiger partial charge in [0.1, 0.15) is 0 Å². The summed E-state index contributed by atoms with van der Waals surface area (Å²) in [6.45, 7) is 2.07. The fraction of sp³-hybridized carbons (Fsp3) is 0.154. The van der Waals surface area contributed by atoms with Crippen LogP contribution in [0.5, 0.6) is 0 Å². The van der Waals surface area contributed by atoms with Crippen LogP contribution in [0.3, 0.4) is 0 Å². The fourth-order valence-electron chi connectivity index (χ4n) is 1.55. The highest BCUT2D eigenvalue weighted by Crippen LogP contribution is 2.08. The molecule has 0 radical (unpaired) electrons. The molecule has 0 aliphatic carbocycles. The standard InChI is InChI=1S/C13H13N.ClH/c1-11-7-13(10-14-9-11)8-12-5-3-2-4-6-12;/h2-7,9-10H,8H2,1H3;1H. The van der Waals surface area contributed by atoms with E-state index in [-0.39, 0.29) is 12.4 Å². The molecule has 15 heavy (non-hydrogen) atoms. The number of benzene rings is 1. The molecule has 0 saturated carbocycles. The maximum atomic E-state index is 4.18. The SMILES string of the molecule is Cc1cncc(Cc2ccccc2)c1.Cl. The van der Waals surface area contributed by atoms with Crippen LogP contribution in [0.2, 0.25) is 0 Å². The van der Waals surface area contributed by atoms with Gasteiger partial charge in [-0.05, 0) is 30.0 Å². The molecule has 1 aromatic heterocycles. The van der Waals surface area contributed by atoms with Crippen molar-refractivity contribution in [1.82, 2.24) is 4.98 Å². The van der Waals surface area contributed by atoms with Crippen molar-refractivity contribution < 1.29 is 0 Å². The van der Waals surface area contributed by atoms with Crippen molar-refractivity contribution in [3.8, 4) is 0 Å². The van der Waals surface area contributed by atoms with Gasteiger partial charge >= 0.3 is 0 Å². The lowest BCUT2D eigenvalue weighted by molar-refractivity contribution is 1.13. The van der Waals surface area contributed by atoms with Gasteiger partial charge in [0.25, 0.3) is 0 Å². The third-order valence-electron chi connectivity index (χ3n) is 2.18. The van der Waals surface area contributed by atoms with Crippen molar-refractivity contribution in [2.24, 2.45) is 0 Å². The van der Waals surface area contributed by atoms with Gasteiger partial charge in [-0.25, -0.2) is 0 Å². The molecule has 0 atom stereocenters. The van der Waals surface area contributed by atoms with E-state index >= 15 is 0 Å². The fourth-order valence-corrected chi connectivity index (χ4v) is 1.55. The molecule has 0 N–H and O–H groups in total. The first-order valence-electron chi connectivity index (χ1n) is 4.79. The van der Waals surface area contributed by atoms with E-state index in [1.54, 1.807) is 0 Å². The van der Waals surface area contributed by atoms with Crippen LogP contribution < -0.4 is 0 Å². The summed E-state index contributed by atoms with van der Waals surface area (Å²) in [7, 11) is 0. The molecule has 2 aromatic rings. The lowest BCUT2D eigenvalue weighted by Crippen LogP contribution is -1.89. The average molecular weight is 220 g/mol. The Balaban J connectivity index is 0.00000112. The molecule has 1 nitrogen and oxygen atoms in total. The highest BCUT2D eigenvalue weighted by Gasteiger charge is 1.95. The van der Waals surface area contributed by atoms with E-state index in [9.17, 15) is 0 Å². The van der Waals surface area contributed by atoms with Crippen LogP contribution in [0.1, 0.15) is 16.7 Å². The zero-order valence-corrected chi connectivity index (χ0v) is 9.50. The summed E-state index contributed by atoms with van der Waals surface area (Å²) >= 11 is 0. The summed E-state index contributed by atoms with van der Waals surface area (Å²) in [6, 6.07) is 12.6. The topological polar surface area (TPSA) is 12.9 Å². The summed E-state index contributed by atoms with van der Waals surface area (Å²) in [4.78, 5) is 4.18. The Morgan fingerprint density at radius 2 is 1.73 bits per heavy atom. The Bertz CT molecular complexity index is 412. The molecule has 0 bridgehead atoms. The molecule has 0 amide bonds. The van der Waals surface area contributed by atoms with E-state index in [1.165, 1.54) is 16.7 Å². The normalized spacial score (nSPS) is 9.40. The molecule has 0 aliphatic heterocycles. The second-order valence-electron chi connectivity index (χ2n) is 3.53. The molecule has 0 spiro atoms. The minimum Gasteiger partial charge on any atom is -0.264 e. The second-order valence-corrected chi connectivity index (χ2v) is 3.53. The van der Waals surface area contributed by atoms with E-state index in [1.807, 2.05) is 18.5 Å². The van der Waals surface area contributed by atoms with Crippen molar-refractivity contribution in [2.45, 2.75) is 13.3 Å². The smallest absolute Gasteiger partial charge is 0.0303 e. The second kappa shape index (κ2) is 5.52. The van der Waals surface area contributed by atoms with Gasteiger partial charge < -0.3 is 0 Å². The Morgan fingerprint density at radius 3 is 2.40 bits per heavy atom. The van der Waals surface area contributed by atoms with Crippen LogP contribution in [0.4, 0.5) is 0 Å². The number of halogens is 1. The predicted octanol–water partition coefficient (Wildman–Crippen LogP) is 3.40. The summed E-state index contributed by atoms with van der Waals surface area (Å²) in [5.74, 6) is 0. The summed E-state index contributed by atoms with van der Waals surface area (Å²) < 4.78 is 0. The molecular formula is C13H14ClN. The quantitative estimate of drug-likeness (QED) is 0.755. The van der Waals surface area contributed by atoms with Crippen LogP contribution in [0.15, 0.2) is 48.8 Å². The van der Waals surface area contributed by atoms with E-state index < -0.39 is 0 Å². The first-order valence-corrected chi connectivity index (χ1v) is 4.79. The van der Waals surface area contributed by atoms with Crippen molar-refractivity contribution in [1.29, 1.82) is 0 Å². The summed E-state index contributed by atoms with van der Waals surface area (Å²) in [6.07, 6.45) is 4.78. The highest BCUT2D eigenvalue weighted by atomic mass is 35.5. The summed E-state index contributed by atoms with van der Waals surface area (Å²) in [5, 5.41) is 0. The minimum atomic E-state index is 0. The Labute approximate surface area is 96.6 Å². The maximum Gasteiger partial charge on any atom is 0.0303 e. The molecule has 0 unspecified atom stereocenters. The first-order chi connectivity index (χ1) is 6.84. The third-order valence-corrected chi connectivity index (χ3v) is 2.18. The number of pyridine rings is 1. The van der Waals surface area contributed by atoms with Gasteiger partial charge in [0.2, 0.25) is 0 Å². The van der Waals surface area contributed by atoms with Crippen LogP contribution in [-0.4, -0.2) is 4.98 Å². The largest absolute Gasteiger partial charge is 0.264 e. The molecule has 78 valence electrons. The lowest BCUT2D eigenvalue weighted by Gasteiger charge is -2.01. The molecule has 1 aromatic carbocycles. The Kier molecular flexibility index (Phi) is 4.32. The number of hydrogen-bond acceptors (Lipinski definition) is 1. The van der Waals surface area contributed by atoms with Gasteiger partial charge in [-0.2, -0.15) is 0 Å². The number of aryl methyl sites for hydroxylation is 1. The minimum absolute atomic E-state index is 0. The van der Waals surface area contributed by atoms with Gasteiger partial charge in [0, 0.05) is 12.4 Å². The Morgan fingerprint density at radius 1 is 1.00 bits per heavy atom. The van der Waals surface area contributed by atoms with Crippen molar-refractivity contribution in [2.75, 3.05) is 0 Å². The maximum absolute atomic E-state index is 4.18. The number of aromatic nitrogens is 1. The van der Waals surface area contributed by atoms with Gasteiger partial charge in [-0.1, -0.05) is 36.4 Å². The molecule has 0 saturated heterocycles. The van der Waals surface area contributed by atoms with Crippen LogP contribution in [0, 0.1) is 6.92 Å². The Hall–Kier alpha value is -1.34. The molecule has 0 fully saturated rings. The van der Waals surface area contributed by atoms with E-state index in [2.05, 4.69) is 42.2 Å². The van der Waals surface area contributed by atoms with Crippen LogP contribution in [0.25, 0.3) is 0 Å². The zero-order valence-electron chi connectivity index (χ0n) is 8.68. The van der Waals surface area contributed by atoms with Crippen LogP contribution in [-0.2, 0) is 6.42 Å². The lowest BCUT2D eigenvalue weighted by atomic mass is 10.1. The van der Waals surface area contributed by atoms with Gasteiger partial charge in [-0.15, -0.1) is 12.4 Å². The van der Waals surface area contributed by atoms with Gasteiger partial charge in [-0.3, -0.25) is 4.98 Å². The predicted molar refractivity (Wildman–Crippen MR) is 65.5 cm³/mol. The van der Waals surface area contributed by atoms with Gasteiger partial charge in [0.15, 0.2) is 0 Å². The average Bonchev–Trinajstić information content (AvgIpc) is 2.19. The first kappa shape index (κ1) is 11.7. The number of nitrogens with zero attached hydrogens (tertiary/aromatic N) is 1. The summed E-state index contributed by atoms with van der Waals surface area (Å²) in [5.41, 5.74) is 3.83. The van der Waals surface area contributed by atoms with E-state index in [0.29, 0.717) is 0 Å². The van der Waals surface area contributed by atoms with Gasteiger partial charge in [0.05, 0.1) is 0 Å². The molecular weight excluding hydrogens is 206 g/mol. The van der Waals surface area contributed by atoms with Crippen LogP contribution >= 0.6 is 12.4 Å².